The van der Waals surface area contributed by atoms with Gasteiger partial charge in [-0.25, -0.2) is 4.79 Å². The highest BCUT2D eigenvalue weighted by Crippen LogP contribution is 2.13. The van der Waals surface area contributed by atoms with Gasteiger partial charge in [0.05, 0.1) is 11.9 Å². The summed E-state index contributed by atoms with van der Waals surface area (Å²) in [4.78, 5) is 18.5. The Kier molecular flexibility index (Phi) is 5.20. The fourth-order valence-electron chi connectivity index (χ4n) is 2.45. The Morgan fingerprint density at radius 2 is 1.42 bits per heavy atom. The fourth-order valence-corrected chi connectivity index (χ4v) is 2.45. The van der Waals surface area contributed by atoms with Crippen LogP contribution in [0.4, 0.5) is 10.5 Å². The van der Waals surface area contributed by atoms with Crippen LogP contribution < -0.4 is 5.32 Å². The van der Waals surface area contributed by atoms with Crippen molar-refractivity contribution in [1.82, 2.24) is 9.88 Å². The van der Waals surface area contributed by atoms with E-state index in [1.165, 1.54) is 0 Å². The molecule has 2 aromatic carbocycles. The van der Waals surface area contributed by atoms with E-state index >= 15 is 0 Å². The molecule has 0 unspecified atom stereocenters. The highest BCUT2D eigenvalue weighted by atomic mass is 16.2. The zero-order chi connectivity index (χ0) is 16.6. The van der Waals surface area contributed by atoms with Gasteiger partial charge in [-0.3, -0.25) is 4.98 Å². The number of pyridine rings is 1. The number of nitrogens with one attached hydrogen (secondary N) is 1. The number of hydrogen-bond acceptors (Lipinski definition) is 2. The minimum atomic E-state index is -0.143. The lowest BCUT2D eigenvalue weighted by atomic mass is 10.2. The minimum absolute atomic E-state index is 0.143. The summed E-state index contributed by atoms with van der Waals surface area (Å²) in [5.41, 5.74) is 2.87. The zero-order valence-electron chi connectivity index (χ0n) is 13.3. The third kappa shape index (κ3) is 4.43. The second-order valence-corrected chi connectivity index (χ2v) is 5.50. The highest BCUT2D eigenvalue weighted by molar-refractivity contribution is 5.89. The Balaban J connectivity index is 1.76. The second-order valence-electron chi connectivity index (χ2n) is 5.50. The van der Waals surface area contributed by atoms with E-state index in [1.807, 2.05) is 66.7 Å². The van der Waals surface area contributed by atoms with E-state index in [-0.39, 0.29) is 6.03 Å². The number of rotatable bonds is 5. The van der Waals surface area contributed by atoms with E-state index in [9.17, 15) is 4.79 Å². The Bertz CT molecular complexity index is 719. The Morgan fingerprint density at radius 1 is 0.833 bits per heavy atom. The summed E-state index contributed by atoms with van der Waals surface area (Å²) in [7, 11) is 0. The molecule has 0 atom stereocenters. The summed E-state index contributed by atoms with van der Waals surface area (Å²) in [6.07, 6.45) is 3.32. The smallest absolute Gasteiger partial charge is 0.316 e. The van der Waals surface area contributed by atoms with Crippen LogP contribution in [0.25, 0.3) is 0 Å². The molecule has 120 valence electrons. The number of amides is 2. The molecule has 1 heterocycles. The summed E-state index contributed by atoms with van der Waals surface area (Å²) < 4.78 is 0. The van der Waals surface area contributed by atoms with Crippen LogP contribution in [0.3, 0.4) is 0 Å². The van der Waals surface area contributed by atoms with Crippen molar-refractivity contribution in [2.75, 3.05) is 5.32 Å². The average molecular weight is 317 g/mol. The van der Waals surface area contributed by atoms with Crippen molar-refractivity contribution in [3.8, 4) is 0 Å². The third-order valence-electron chi connectivity index (χ3n) is 3.63. The quantitative estimate of drug-likeness (QED) is 0.762. The van der Waals surface area contributed by atoms with Gasteiger partial charge in [0.2, 0.25) is 0 Å². The van der Waals surface area contributed by atoms with Gasteiger partial charge in [0.25, 0.3) is 0 Å². The van der Waals surface area contributed by atoms with Crippen LogP contribution in [0.15, 0.2) is 85.2 Å². The van der Waals surface area contributed by atoms with E-state index in [1.54, 1.807) is 23.4 Å². The molecule has 0 saturated carbocycles. The maximum absolute atomic E-state index is 12.7. The van der Waals surface area contributed by atoms with Crippen LogP contribution in [0.2, 0.25) is 0 Å². The minimum Gasteiger partial charge on any atom is -0.316 e. The van der Waals surface area contributed by atoms with E-state index in [0.29, 0.717) is 18.8 Å². The molecule has 0 fully saturated rings. The molecule has 0 aliphatic heterocycles. The number of carbonyl (C=O) groups is 1. The van der Waals surface area contributed by atoms with Crippen LogP contribution in [-0.4, -0.2) is 15.9 Å². The van der Waals surface area contributed by atoms with Gasteiger partial charge in [0, 0.05) is 19.3 Å². The molecule has 3 rings (SSSR count). The van der Waals surface area contributed by atoms with Crippen molar-refractivity contribution >= 4 is 11.7 Å². The van der Waals surface area contributed by atoms with Crippen molar-refractivity contribution in [2.45, 2.75) is 13.1 Å². The summed E-state index contributed by atoms with van der Waals surface area (Å²) >= 11 is 0. The molecular weight excluding hydrogens is 298 g/mol. The monoisotopic (exact) mass is 317 g/mol. The largest absolute Gasteiger partial charge is 0.322 e. The van der Waals surface area contributed by atoms with Gasteiger partial charge in [-0.2, -0.15) is 0 Å². The lowest BCUT2D eigenvalue weighted by Crippen LogP contribution is -2.34. The molecule has 0 saturated heterocycles. The number of nitrogens with zero attached hydrogens (tertiary/aromatic N) is 2. The average Bonchev–Trinajstić information content (AvgIpc) is 2.64. The molecule has 24 heavy (non-hydrogen) atoms. The van der Waals surface area contributed by atoms with E-state index in [4.69, 9.17) is 0 Å². The molecule has 0 aliphatic carbocycles. The predicted molar refractivity (Wildman–Crippen MR) is 95.4 cm³/mol. The Labute approximate surface area is 141 Å². The molecule has 0 bridgehead atoms. The first-order chi connectivity index (χ1) is 11.8. The van der Waals surface area contributed by atoms with E-state index in [0.717, 1.165) is 11.1 Å². The van der Waals surface area contributed by atoms with Crippen molar-refractivity contribution in [3.63, 3.8) is 0 Å². The van der Waals surface area contributed by atoms with Gasteiger partial charge in [0.1, 0.15) is 0 Å². The van der Waals surface area contributed by atoms with Crippen molar-refractivity contribution < 1.29 is 4.79 Å². The number of aromatic nitrogens is 1. The van der Waals surface area contributed by atoms with Crippen LogP contribution in [-0.2, 0) is 13.1 Å². The number of anilines is 1. The second kappa shape index (κ2) is 7.92. The summed E-state index contributed by atoms with van der Waals surface area (Å²) in [5.74, 6) is 0. The maximum Gasteiger partial charge on any atom is 0.322 e. The molecule has 1 N–H and O–H groups in total. The SMILES string of the molecule is O=C(Nc1cccnc1)N(Cc1ccccc1)Cc1ccccc1. The lowest BCUT2D eigenvalue weighted by molar-refractivity contribution is 0.206. The summed E-state index contributed by atoms with van der Waals surface area (Å²) in [6.45, 7) is 1.09. The van der Waals surface area contributed by atoms with Crippen molar-refractivity contribution in [1.29, 1.82) is 0 Å². The molecular formula is C20H19N3O. The van der Waals surface area contributed by atoms with E-state index in [2.05, 4.69) is 10.3 Å². The predicted octanol–water partition coefficient (Wildman–Crippen LogP) is 4.32. The molecule has 2 amide bonds. The standard InChI is InChI=1S/C20H19N3O/c24-20(22-19-12-7-13-21-14-19)23(15-17-8-3-1-4-9-17)16-18-10-5-2-6-11-18/h1-14H,15-16H2,(H,22,24). The number of carbonyl (C=O) groups excluding carboxylic acids is 1. The van der Waals surface area contributed by atoms with Gasteiger partial charge < -0.3 is 10.2 Å². The first kappa shape index (κ1) is 15.7. The van der Waals surface area contributed by atoms with Crippen LogP contribution in [0.5, 0.6) is 0 Å². The van der Waals surface area contributed by atoms with Gasteiger partial charge >= 0.3 is 6.03 Å². The molecule has 1 aromatic heterocycles. The van der Waals surface area contributed by atoms with Gasteiger partial charge in [-0.15, -0.1) is 0 Å². The zero-order valence-corrected chi connectivity index (χ0v) is 13.3. The molecule has 0 spiro atoms. The summed E-state index contributed by atoms with van der Waals surface area (Å²) in [5, 5.41) is 2.91. The van der Waals surface area contributed by atoms with Gasteiger partial charge in [-0.1, -0.05) is 60.7 Å². The molecule has 3 aromatic rings. The third-order valence-corrected chi connectivity index (χ3v) is 3.63. The fraction of sp³-hybridized carbons (Fsp3) is 0.100. The highest BCUT2D eigenvalue weighted by Gasteiger charge is 2.15. The number of benzene rings is 2. The van der Waals surface area contributed by atoms with Crippen LogP contribution in [0, 0.1) is 0 Å². The normalized spacial score (nSPS) is 10.2. The summed E-state index contributed by atoms with van der Waals surface area (Å²) in [6, 6.07) is 23.4. The first-order valence-corrected chi connectivity index (χ1v) is 7.85. The molecule has 4 nitrogen and oxygen atoms in total. The topological polar surface area (TPSA) is 45.2 Å². The number of hydrogen-bond donors (Lipinski definition) is 1. The molecule has 0 aliphatic rings. The van der Waals surface area contributed by atoms with Gasteiger partial charge in [-0.05, 0) is 23.3 Å². The van der Waals surface area contributed by atoms with E-state index < -0.39 is 0 Å². The van der Waals surface area contributed by atoms with Crippen LogP contribution >= 0.6 is 0 Å². The lowest BCUT2D eigenvalue weighted by Gasteiger charge is -2.23. The maximum atomic E-state index is 12.7. The van der Waals surface area contributed by atoms with Crippen molar-refractivity contribution in [2.24, 2.45) is 0 Å². The van der Waals surface area contributed by atoms with Crippen molar-refractivity contribution in [3.05, 3.63) is 96.3 Å². The Hall–Kier alpha value is -3.14. The Morgan fingerprint density at radius 3 is 1.92 bits per heavy atom. The first-order valence-electron chi connectivity index (χ1n) is 7.85. The molecule has 0 radical (unpaired) electrons. The van der Waals surface area contributed by atoms with Crippen LogP contribution in [0.1, 0.15) is 11.1 Å². The number of urea groups is 1. The molecule has 4 heteroatoms. The van der Waals surface area contributed by atoms with Gasteiger partial charge in [0.15, 0.2) is 0 Å².